The van der Waals surface area contributed by atoms with Crippen LogP contribution in [0, 0.1) is 17.0 Å². The molecule has 1 aromatic heterocycles. The van der Waals surface area contributed by atoms with Gasteiger partial charge in [-0.15, -0.1) is 11.6 Å². The predicted octanol–water partition coefficient (Wildman–Crippen LogP) is 1.97. The Morgan fingerprint density at radius 2 is 2.17 bits per heavy atom. The summed E-state index contributed by atoms with van der Waals surface area (Å²) < 4.78 is 0. The molecule has 0 spiro atoms. The number of nitrogens with zero attached hydrogens (tertiary/aromatic N) is 2. The fraction of sp³-hybridized carbons (Fsp3) is 0.500. The molecule has 2 unspecified atom stereocenters. The Labute approximate surface area is 113 Å². The number of aromatic nitrogens is 1. The van der Waals surface area contributed by atoms with Gasteiger partial charge in [0.05, 0.1) is 11.0 Å². The van der Waals surface area contributed by atoms with Crippen molar-refractivity contribution in [1.82, 2.24) is 4.98 Å². The van der Waals surface area contributed by atoms with E-state index in [1.165, 1.54) is 13.1 Å². The van der Waals surface area contributed by atoms with Crippen molar-refractivity contribution < 1.29 is 15.1 Å². The van der Waals surface area contributed by atoms with Crippen LogP contribution in [0.15, 0.2) is 6.20 Å². The highest BCUT2D eigenvalue weighted by Crippen LogP contribution is 2.32. The molecule has 100 valence electrons. The summed E-state index contributed by atoms with van der Waals surface area (Å²) in [6.45, 7) is 1.44. The summed E-state index contributed by atoms with van der Waals surface area (Å²) in [6.07, 6.45) is -1.01. The molecular weight excluding hydrogens is 283 g/mol. The molecule has 8 heteroatoms. The molecule has 0 aromatic carbocycles. The van der Waals surface area contributed by atoms with Gasteiger partial charge in [-0.3, -0.25) is 10.1 Å². The van der Waals surface area contributed by atoms with Gasteiger partial charge in [0.2, 0.25) is 5.15 Å². The number of alkyl halides is 1. The van der Waals surface area contributed by atoms with Crippen LogP contribution in [0.1, 0.15) is 23.7 Å². The third kappa shape index (κ3) is 3.08. The topological polar surface area (TPSA) is 96.5 Å². The molecule has 1 heterocycles. The minimum absolute atomic E-state index is 0.165. The van der Waals surface area contributed by atoms with Gasteiger partial charge in [0, 0.05) is 23.2 Å². The monoisotopic (exact) mass is 294 g/mol. The summed E-state index contributed by atoms with van der Waals surface area (Å²) in [7, 11) is 0. The lowest BCUT2D eigenvalue weighted by Gasteiger charge is -2.18. The molecule has 0 aliphatic carbocycles. The molecule has 0 saturated heterocycles. The number of pyridine rings is 1. The number of aliphatic hydroxyl groups excluding tert-OH is 2. The number of hydrogen-bond donors (Lipinski definition) is 2. The summed E-state index contributed by atoms with van der Waals surface area (Å²) in [5, 5.41) is 30.1. The van der Waals surface area contributed by atoms with E-state index in [0.29, 0.717) is 0 Å². The summed E-state index contributed by atoms with van der Waals surface area (Å²) in [6, 6.07) is 0. The zero-order valence-electron chi connectivity index (χ0n) is 9.51. The Kier molecular flexibility index (Phi) is 5.28. The van der Waals surface area contributed by atoms with E-state index in [-0.39, 0.29) is 34.3 Å². The lowest BCUT2D eigenvalue weighted by molar-refractivity contribution is -0.385. The molecule has 18 heavy (non-hydrogen) atoms. The second-order valence-electron chi connectivity index (χ2n) is 3.72. The van der Waals surface area contributed by atoms with Crippen LogP contribution in [0.4, 0.5) is 5.69 Å². The fourth-order valence-corrected chi connectivity index (χ4v) is 2.05. The maximum absolute atomic E-state index is 10.8. The molecule has 0 aliphatic rings. The average Bonchev–Trinajstić information content (AvgIpc) is 2.28. The van der Waals surface area contributed by atoms with E-state index in [9.17, 15) is 20.3 Å². The van der Waals surface area contributed by atoms with Gasteiger partial charge in [-0.1, -0.05) is 11.6 Å². The first-order valence-electron chi connectivity index (χ1n) is 5.11. The zero-order chi connectivity index (χ0) is 13.9. The zero-order valence-corrected chi connectivity index (χ0v) is 11.0. The lowest BCUT2D eigenvalue weighted by atomic mass is 9.99. The number of hydrogen-bond acceptors (Lipinski definition) is 5. The van der Waals surface area contributed by atoms with E-state index < -0.39 is 17.1 Å². The molecule has 0 radical (unpaired) electrons. The van der Waals surface area contributed by atoms with Gasteiger partial charge in [-0.2, -0.15) is 0 Å². The smallest absolute Gasteiger partial charge is 0.309 e. The molecule has 0 amide bonds. The van der Waals surface area contributed by atoms with Crippen LogP contribution in [0.2, 0.25) is 5.15 Å². The van der Waals surface area contributed by atoms with Crippen LogP contribution < -0.4 is 0 Å². The van der Waals surface area contributed by atoms with Crippen molar-refractivity contribution in [2.75, 3.05) is 5.88 Å². The Bertz CT molecular complexity index is 456. The summed E-state index contributed by atoms with van der Waals surface area (Å²) >= 11 is 11.1. The minimum Gasteiger partial charge on any atom is -0.390 e. The third-order valence-corrected chi connectivity index (χ3v) is 3.07. The number of aliphatic hydroxyl groups is 2. The van der Waals surface area contributed by atoms with Crippen molar-refractivity contribution in [2.45, 2.75) is 25.6 Å². The Morgan fingerprint density at radius 1 is 1.56 bits per heavy atom. The predicted molar refractivity (Wildman–Crippen MR) is 66.9 cm³/mol. The summed E-state index contributed by atoms with van der Waals surface area (Å²) in [5.41, 5.74) is -0.0175. The lowest BCUT2D eigenvalue weighted by Crippen LogP contribution is -2.20. The number of rotatable bonds is 5. The molecular formula is C10H12Cl2N2O4. The number of nitro groups is 1. The van der Waals surface area contributed by atoms with Crippen molar-refractivity contribution in [3.63, 3.8) is 0 Å². The SMILES string of the molecule is Cc1c(C(O)C(O)CCCl)cnc(Cl)c1[N+](=O)[O-]. The van der Waals surface area contributed by atoms with Crippen LogP contribution in [0.25, 0.3) is 0 Å². The largest absolute Gasteiger partial charge is 0.390 e. The van der Waals surface area contributed by atoms with Crippen LogP contribution >= 0.6 is 23.2 Å². The summed E-state index contributed by atoms with van der Waals surface area (Å²) in [5.74, 6) is 0.167. The highest BCUT2D eigenvalue weighted by Gasteiger charge is 2.27. The highest BCUT2D eigenvalue weighted by molar-refractivity contribution is 6.31. The van der Waals surface area contributed by atoms with Crippen molar-refractivity contribution in [2.24, 2.45) is 0 Å². The van der Waals surface area contributed by atoms with E-state index in [4.69, 9.17) is 23.2 Å². The molecule has 6 nitrogen and oxygen atoms in total. The Balaban J connectivity index is 3.18. The average molecular weight is 295 g/mol. The molecule has 0 bridgehead atoms. The van der Waals surface area contributed by atoms with E-state index in [2.05, 4.69) is 4.98 Å². The van der Waals surface area contributed by atoms with E-state index >= 15 is 0 Å². The Morgan fingerprint density at radius 3 is 2.67 bits per heavy atom. The van der Waals surface area contributed by atoms with Crippen LogP contribution in [0.3, 0.4) is 0 Å². The molecule has 0 aliphatic heterocycles. The fourth-order valence-electron chi connectivity index (χ4n) is 1.56. The maximum atomic E-state index is 10.8. The van der Waals surface area contributed by atoms with Gasteiger partial charge < -0.3 is 10.2 Å². The second-order valence-corrected chi connectivity index (χ2v) is 4.46. The molecule has 0 saturated carbocycles. The molecule has 1 aromatic rings. The highest BCUT2D eigenvalue weighted by atomic mass is 35.5. The Hall–Kier alpha value is -0.950. The number of halogens is 2. The summed E-state index contributed by atoms with van der Waals surface area (Å²) in [4.78, 5) is 13.8. The minimum atomic E-state index is -1.28. The first-order chi connectivity index (χ1) is 8.40. The van der Waals surface area contributed by atoms with Gasteiger partial charge >= 0.3 is 5.69 Å². The van der Waals surface area contributed by atoms with Gasteiger partial charge in [-0.05, 0) is 13.3 Å². The molecule has 1 rings (SSSR count). The standard InChI is InChI=1S/C10H12Cl2N2O4/c1-5-6(9(16)7(15)2-3-11)4-13-10(12)8(5)14(17)18/h4,7,9,15-16H,2-3H2,1H3. The quantitative estimate of drug-likeness (QED) is 0.375. The molecule has 0 fully saturated rings. The van der Waals surface area contributed by atoms with Gasteiger partial charge in [0.25, 0.3) is 0 Å². The van der Waals surface area contributed by atoms with Crippen LogP contribution in [0.5, 0.6) is 0 Å². The van der Waals surface area contributed by atoms with Crippen molar-refractivity contribution in [3.05, 3.63) is 32.6 Å². The second kappa shape index (κ2) is 6.29. The third-order valence-electron chi connectivity index (χ3n) is 2.57. The normalized spacial score (nSPS) is 14.3. The van der Waals surface area contributed by atoms with Gasteiger partial charge in [0.15, 0.2) is 0 Å². The van der Waals surface area contributed by atoms with E-state index in [1.807, 2.05) is 0 Å². The molecule has 2 atom stereocenters. The van der Waals surface area contributed by atoms with Crippen LogP contribution in [-0.2, 0) is 0 Å². The van der Waals surface area contributed by atoms with E-state index in [0.717, 1.165) is 0 Å². The van der Waals surface area contributed by atoms with Gasteiger partial charge in [0.1, 0.15) is 6.10 Å². The first-order valence-corrected chi connectivity index (χ1v) is 6.02. The van der Waals surface area contributed by atoms with Gasteiger partial charge in [-0.25, -0.2) is 4.98 Å². The van der Waals surface area contributed by atoms with E-state index in [1.54, 1.807) is 0 Å². The maximum Gasteiger partial charge on any atom is 0.309 e. The first kappa shape index (κ1) is 15.1. The molecule has 2 N–H and O–H groups in total. The van der Waals surface area contributed by atoms with Crippen LogP contribution in [-0.4, -0.2) is 32.1 Å². The van der Waals surface area contributed by atoms with Crippen molar-refractivity contribution >= 4 is 28.9 Å². The van der Waals surface area contributed by atoms with Crippen molar-refractivity contribution in [1.29, 1.82) is 0 Å². The van der Waals surface area contributed by atoms with Crippen molar-refractivity contribution in [3.8, 4) is 0 Å².